The first kappa shape index (κ1) is 33.0. The number of rotatable bonds is 13. The number of halogens is 2. The number of nitrogens with two attached hydrogens (primary N) is 1. The summed E-state index contributed by atoms with van der Waals surface area (Å²) in [5.41, 5.74) is 1.94. The number of hydrogen-bond acceptors (Lipinski definition) is 5. The summed E-state index contributed by atoms with van der Waals surface area (Å²) in [4.78, 5) is 28.9. The fourth-order valence-corrected chi connectivity index (χ4v) is 6.61. The van der Waals surface area contributed by atoms with Crippen LogP contribution in [-0.4, -0.2) is 57.2 Å². The minimum Gasteiger partial charge on any atom is -0.346 e. The second-order valence-electron chi connectivity index (χ2n) is 12.4. The Morgan fingerprint density at radius 1 is 1.05 bits per heavy atom. The molecule has 0 aromatic heterocycles. The van der Waals surface area contributed by atoms with Crippen molar-refractivity contribution >= 4 is 28.9 Å². The number of hydrazine groups is 1. The maximum absolute atomic E-state index is 14.2. The van der Waals surface area contributed by atoms with E-state index < -0.39 is 23.3 Å². The predicted molar refractivity (Wildman–Crippen MR) is 168 cm³/mol. The summed E-state index contributed by atoms with van der Waals surface area (Å²) in [6.45, 7) is 8.34. The van der Waals surface area contributed by atoms with Crippen LogP contribution < -0.4 is 11.2 Å². The second kappa shape index (κ2) is 14.2. The standard InChI is InChI=1S/C34H44F2N6O2/c1-5-7-8-30(23-9-11-24(12-10-23)33(43)40-19-29(37)32-21(4)42(32)39)41(28-14-20(3)13-22(6-2)15-28)34(44)31(38)25-16-26(35)18-27(36)17-25/h9-12,16-18,20,22,28,30,32,37-38H,5-8,13-15,19,39H2,1-4H3/p+1. The van der Waals surface area contributed by atoms with Crippen LogP contribution in [0.3, 0.4) is 0 Å². The number of carbonyl (C=O) groups excluding carboxylic acids is 2. The highest BCUT2D eigenvalue weighted by molar-refractivity contribution is 6.44. The fraction of sp³-hybridized carbons (Fsp3) is 0.500. The molecule has 1 heterocycles. The molecule has 2 aromatic carbocycles. The van der Waals surface area contributed by atoms with Gasteiger partial charge < -0.3 is 15.6 Å². The third-order valence-electron chi connectivity index (χ3n) is 9.09. The zero-order valence-corrected chi connectivity index (χ0v) is 26.1. The number of unbranched alkanes of at least 4 members (excludes halogenated alkanes) is 1. The van der Waals surface area contributed by atoms with Crippen molar-refractivity contribution in [1.29, 1.82) is 10.8 Å². The Hall–Kier alpha value is -3.95. The summed E-state index contributed by atoms with van der Waals surface area (Å²) in [5.74, 6) is 4.04. The van der Waals surface area contributed by atoms with Gasteiger partial charge in [0.1, 0.15) is 23.1 Å². The second-order valence-corrected chi connectivity index (χ2v) is 12.4. The van der Waals surface area contributed by atoms with Crippen molar-refractivity contribution in [2.75, 3.05) is 6.54 Å². The normalized spacial score (nSPS) is 21.9. The van der Waals surface area contributed by atoms with Gasteiger partial charge in [-0.3, -0.25) is 15.0 Å². The van der Waals surface area contributed by atoms with E-state index in [1.807, 2.05) is 19.1 Å². The largest absolute Gasteiger partial charge is 0.346 e. The van der Waals surface area contributed by atoms with Crippen LogP contribution in [0.4, 0.5) is 8.78 Å². The summed E-state index contributed by atoms with van der Waals surface area (Å²) >= 11 is 0. The average molecular weight is 608 g/mol. The molecular formula is C34H45F2N6O2+. The molecule has 1 saturated carbocycles. The molecule has 2 aliphatic rings. The third-order valence-corrected chi connectivity index (χ3v) is 9.09. The average Bonchev–Trinajstić information content (AvgIpc) is 3.61. The van der Waals surface area contributed by atoms with Gasteiger partial charge in [-0.15, -0.1) is 0 Å². The summed E-state index contributed by atoms with van der Waals surface area (Å²) in [6, 6.07) is 9.14. The van der Waals surface area contributed by atoms with Gasteiger partial charge in [0.25, 0.3) is 17.5 Å². The highest BCUT2D eigenvalue weighted by atomic mass is 19.1. The van der Waals surface area contributed by atoms with Crippen LogP contribution in [-0.2, 0) is 4.79 Å². The number of hydrazone groups is 1. The number of hydrogen-bond donors (Lipinski definition) is 4. The van der Waals surface area contributed by atoms with Gasteiger partial charge in [-0.05, 0) is 67.3 Å². The zero-order chi connectivity index (χ0) is 32.1. The van der Waals surface area contributed by atoms with E-state index in [9.17, 15) is 18.4 Å². The SMILES string of the molecule is CCCCC(c1ccc(C(=O)NCC(=N)C2C(C)=[N+]2N)cc1)N(C(=O)C(=N)c1cc(F)cc(F)c1)C1CC(C)CC(CC)C1. The van der Waals surface area contributed by atoms with E-state index in [0.29, 0.717) is 29.5 Å². The molecule has 5 N–H and O–H groups in total. The highest BCUT2D eigenvalue weighted by Crippen LogP contribution is 2.39. The number of nitrogens with zero attached hydrogens (tertiary/aromatic N) is 2. The van der Waals surface area contributed by atoms with Crippen molar-refractivity contribution in [3.63, 3.8) is 0 Å². The lowest BCUT2D eigenvalue weighted by Gasteiger charge is -2.44. The minimum absolute atomic E-state index is 0.0823. The topological polar surface area (TPSA) is 126 Å². The Morgan fingerprint density at radius 3 is 2.25 bits per heavy atom. The van der Waals surface area contributed by atoms with Gasteiger partial charge in [0.2, 0.25) is 0 Å². The molecule has 2 amide bonds. The fourth-order valence-electron chi connectivity index (χ4n) is 6.61. The number of amides is 2. The molecule has 44 heavy (non-hydrogen) atoms. The molecule has 5 unspecified atom stereocenters. The van der Waals surface area contributed by atoms with Crippen LogP contribution in [0.2, 0.25) is 0 Å². The van der Waals surface area contributed by atoms with Crippen LogP contribution >= 0.6 is 0 Å². The predicted octanol–water partition coefficient (Wildman–Crippen LogP) is 5.79. The van der Waals surface area contributed by atoms with E-state index in [1.54, 1.807) is 17.0 Å². The van der Waals surface area contributed by atoms with Gasteiger partial charge in [0, 0.05) is 30.2 Å². The number of carbonyl (C=O) groups is 2. The van der Waals surface area contributed by atoms with Crippen molar-refractivity contribution in [3.8, 4) is 0 Å². The molecule has 4 rings (SSSR count). The molecule has 1 aliphatic carbocycles. The van der Waals surface area contributed by atoms with Gasteiger partial charge in [-0.25, -0.2) is 14.6 Å². The Morgan fingerprint density at radius 2 is 1.68 bits per heavy atom. The molecule has 0 bridgehead atoms. The van der Waals surface area contributed by atoms with Crippen molar-refractivity contribution in [1.82, 2.24) is 10.2 Å². The summed E-state index contributed by atoms with van der Waals surface area (Å²) in [6.07, 6.45) is 6.00. The molecule has 10 heteroatoms. The van der Waals surface area contributed by atoms with Crippen molar-refractivity contribution in [3.05, 3.63) is 70.8 Å². The molecule has 0 saturated heterocycles. The highest BCUT2D eigenvalue weighted by Gasteiger charge is 2.47. The van der Waals surface area contributed by atoms with Gasteiger partial charge in [0.05, 0.1) is 12.6 Å². The maximum atomic E-state index is 14.2. The van der Waals surface area contributed by atoms with Crippen molar-refractivity contribution in [2.24, 2.45) is 17.7 Å². The Labute approximate surface area is 258 Å². The lowest BCUT2D eigenvalue weighted by molar-refractivity contribution is -0.468. The van der Waals surface area contributed by atoms with Gasteiger partial charge >= 0.3 is 6.04 Å². The molecule has 0 spiro atoms. The van der Waals surface area contributed by atoms with E-state index in [4.69, 9.17) is 16.7 Å². The van der Waals surface area contributed by atoms with Crippen LogP contribution in [0.15, 0.2) is 42.5 Å². The first-order valence-electron chi connectivity index (χ1n) is 15.7. The number of nitrogens with one attached hydrogen (secondary N) is 3. The van der Waals surface area contributed by atoms with E-state index in [0.717, 1.165) is 68.0 Å². The summed E-state index contributed by atoms with van der Waals surface area (Å²) < 4.78 is 29.7. The summed E-state index contributed by atoms with van der Waals surface area (Å²) in [5, 5.41) is 19.7. The monoisotopic (exact) mass is 607 g/mol. The first-order valence-corrected chi connectivity index (χ1v) is 15.7. The van der Waals surface area contributed by atoms with Crippen LogP contribution in [0.25, 0.3) is 0 Å². The Bertz CT molecular complexity index is 1410. The van der Waals surface area contributed by atoms with E-state index >= 15 is 0 Å². The quantitative estimate of drug-likeness (QED) is 0.131. The van der Waals surface area contributed by atoms with Gasteiger partial charge in [0.15, 0.2) is 0 Å². The number of benzene rings is 2. The van der Waals surface area contributed by atoms with Crippen LogP contribution in [0.1, 0.15) is 100 Å². The van der Waals surface area contributed by atoms with Crippen LogP contribution in [0.5, 0.6) is 0 Å². The molecule has 1 fully saturated rings. The molecule has 8 nitrogen and oxygen atoms in total. The van der Waals surface area contributed by atoms with Crippen LogP contribution in [0, 0.1) is 34.3 Å². The molecule has 2 aromatic rings. The zero-order valence-electron chi connectivity index (χ0n) is 26.1. The van der Waals surface area contributed by atoms with Gasteiger partial charge in [-0.1, -0.05) is 56.9 Å². The molecule has 0 radical (unpaired) electrons. The molecular weight excluding hydrogens is 562 g/mol. The van der Waals surface area contributed by atoms with Gasteiger partial charge in [-0.2, -0.15) is 0 Å². The molecule has 236 valence electrons. The molecule has 1 aliphatic heterocycles. The molecule has 5 atom stereocenters. The van der Waals surface area contributed by atoms with Crippen molar-refractivity contribution < 1.29 is 23.1 Å². The lowest BCUT2D eigenvalue weighted by Crippen LogP contribution is -2.49. The van der Waals surface area contributed by atoms with E-state index in [1.165, 1.54) is 4.68 Å². The van der Waals surface area contributed by atoms with Crippen molar-refractivity contribution in [2.45, 2.75) is 90.8 Å². The minimum atomic E-state index is -0.835. The van der Waals surface area contributed by atoms with E-state index in [-0.39, 0.29) is 36.1 Å². The Kier molecular flexibility index (Phi) is 10.7. The first-order chi connectivity index (χ1) is 20.9. The third kappa shape index (κ3) is 7.57. The smallest absolute Gasteiger partial charge is 0.300 e. The summed E-state index contributed by atoms with van der Waals surface area (Å²) in [7, 11) is 0. The van der Waals surface area contributed by atoms with E-state index in [2.05, 4.69) is 26.1 Å². The lowest BCUT2D eigenvalue weighted by atomic mass is 9.76. The Balaban J connectivity index is 1.63. The maximum Gasteiger partial charge on any atom is 0.300 e.